The second-order valence-electron chi connectivity index (χ2n) is 10.2. The van der Waals surface area contributed by atoms with Crippen LogP contribution in [0.2, 0.25) is 0 Å². The lowest BCUT2D eigenvalue weighted by Crippen LogP contribution is -2.19. The van der Waals surface area contributed by atoms with Gasteiger partial charge in [0.25, 0.3) is 0 Å². The Morgan fingerprint density at radius 3 is 2.09 bits per heavy atom. The first-order chi connectivity index (χ1) is 16.1. The molecule has 0 heterocycles. The summed E-state index contributed by atoms with van der Waals surface area (Å²) in [5.74, 6) is 0.841. The number of hydrogen-bond donors (Lipinski definition) is 1. The highest BCUT2D eigenvalue weighted by Gasteiger charge is 2.25. The first-order valence-corrected chi connectivity index (χ1v) is 14.9. The Bertz CT molecular complexity index is 1070. The highest BCUT2D eigenvalue weighted by atomic mass is 127. The largest absolute Gasteiger partial charge is 0.492 e. The second kappa shape index (κ2) is 13.0. The van der Waals surface area contributed by atoms with Crippen molar-refractivity contribution >= 4 is 48.3 Å². The van der Waals surface area contributed by atoms with Crippen LogP contribution in [0.5, 0.6) is 5.75 Å². The standard InChI is InChI=1S/C29H35NOS.ClI/c1-28(2,3)23-18-22(20-30)27(25(19-23)29(4,5)6)31-17-16-21-12-10-11-15-26(21)32-24-13-8-7-9-14-24;1-2/h7-15,18-20,30H,16-17H2,1-6H3;. The number of ether oxygens (including phenoxy) is 1. The molecule has 0 fully saturated rings. The topological polar surface area (TPSA) is 33.1 Å². The van der Waals surface area contributed by atoms with Crippen LogP contribution in [-0.2, 0) is 17.3 Å². The average Bonchev–Trinajstić information content (AvgIpc) is 2.80. The maximum absolute atomic E-state index is 8.04. The minimum Gasteiger partial charge on any atom is -0.492 e. The Balaban J connectivity index is 0.00000199. The van der Waals surface area contributed by atoms with Crippen molar-refractivity contribution in [1.82, 2.24) is 0 Å². The molecule has 0 saturated carbocycles. The Hall–Kier alpha value is -1.50. The summed E-state index contributed by atoms with van der Waals surface area (Å²) in [6.45, 7) is 13.8. The lowest BCUT2D eigenvalue weighted by molar-refractivity contribution is 0.311. The monoisotopic (exact) mass is 607 g/mol. The van der Waals surface area contributed by atoms with Gasteiger partial charge in [-0.3, -0.25) is 0 Å². The van der Waals surface area contributed by atoms with Crippen LogP contribution in [0, 0.1) is 5.41 Å². The number of benzene rings is 3. The van der Waals surface area contributed by atoms with Gasteiger partial charge in [-0.15, -0.1) is 0 Å². The summed E-state index contributed by atoms with van der Waals surface area (Å²) in [4.78, 5) is 2.49. The summed E-state index contributed by atoms with van der Waals surface area (Å²) in [5, 5.41) is 8.04. The molecule has 0 atom stereocenters. The molecule has 0 aromatic heterocycles. The summed E-state index contributed by atoms with van der Waals surface area (Å²) in [6, 6.07) is 23.4. The van der Waals surface area contributed by atoms with E-state index in [-0.39, 0.29) is 10.8 Å². The van der Waals surface area contributed by atoms with E-state index in [4.69, 9.17) is 10.1 Å². The van der Waals surface area contributed by atoms with Crippen LogP contribution in [-0.4, -0.2) is 12.8 Å². The maximum atomic E-state index is 8.04. The van der Waals surface area contributed by atoms with Crippen molar-refractivity contribution in [1.29, 1.82) is 5.41 Å². The van der Waals surface area contributed by atoms with E-state index >= 15 is 0 Å². The summed E-state index contributed by atoms with van der Waals surface area (Å²) >= 11 is 3.41. The van der Waals surface area contributed by atoms with E-state index in [2.05, 4.69) is 111 Å². The Morgan fingerprint density at radius 2 is 1.50 bits per heavy atom. The van der Waals surface area contributed by atoms with Crippen molar-refractivity contribution in [2.45, 2.75) is 68.6 Å². The lowest BCUT2D eigenvalue weighted by atomic mass is 9.79. The van der Waals surface area contributed by atoms with E-state index in [1.54, 1.807) is 33.2 Å². The van der Waals surface area contributed by atoms with Crippen LogP contribution in [0.3, 0.4) is 0 Å². The molecule has 34 heavy (non-hydrogen) atoms. The van der Waals surface area contributed by atoms with E-state index in [1.165, 1.54) is 27.1 Å². The van der Waals surface area contributed by atoms with Gasteiger partial charge in [-0.25, -0.2) is 0 Å². The molecule has 3 aromatic carbocycles. The van der Waals surface area contributed by atoms with E-state index in [0.717, 1.165) is 23.3 Å². The van der Waals surface area contributed by atoms with E-state index < -0.39 is 0 Å². The van der Waals surface area contributed by atoms with Gasteiger partial charge in [0.1, 0.15) is 5.75 Å². The van der Waals surface area contributed by atoms with Crippen LogP contribution < -0.4 is 4.74 Å². The van der Waals surface area contributed by atoms with Crippen molar-refractivity contribution in [3.8, 4) is 5.75 Å². The molecule has 3 aromatic rings. The van der Waals surface area contributed by atoms with Crippen molar-refractivity contribution < 1.29 is 4.74 Å². The van der Waals surface area contributed by atoms with Gasteiger partial charge in [0.05, 0.1) is 6.61 Å². The molecule has 0 spiro atoms. The van der Waals surface area contributed by atoms with Crippen LogP contribution in [0.25, 0.3) is 0 Å². The predicted octanol–water partition coefficient (Wildman–Crippen LogP) is 9.63. The fourth-order valence-corrected chi connectivity index (χ4v) is 4.59. The minimum absolute atomic E-state index is 0.0177. The molecule has 0 unspecified atom stereocenters. The van der Waals surface area contributed by atoms with Gasteiger partial charge < -0.3 is 10.1 Å². The number of nitrogens with one attached hydrogen (secondary N) is 1. The highest BCUT2D eigenvalue weighted by Crippen LogP contribution is 2.38. The summed E-state index contributed by atoms with van der Waals surface area (Å²) in [5.41, 5.74) is 4.48. The molecule has 0 aliphatic rings. The van der Waals surface area contributed by atoms with Gasteiger partial charge in [-0.05, 0) is 55.1 Å². The van der Waals surface area contributed by atoms with Crippen LogP contribution in [0.15, 0.2) is 76.5 Å². The molecule has 0 bridgehead atoms. The van der Waals surface area contributed by atoms with Crippen LogP contribution in [0.4, 0.5) is 0 Å². The smallest absolute Gasteiger partial charge is 0.131 e. The van der Waals surface area contributed by atoms with Gasteiger partial charge in [0.15, 0.2) is 0 Å². The molecular formula is C29H35ClINOS. The Kier molecular flexibility index (Phi) is 11.0. The number of rotatable bonds is 7. The molecule has 0 aliphatic carbocycles. The molecule has 0 radical (unpaired) electrons. The van der Waals surface area contributed by atoms with Crippen molar-refractivity contribution in [2.75, 3.05) is 6.61 Å². The SMILES string of the molecule is CC(C)(C)c1cc(C=N)c(OCCc2ccccc2Sc2ccccc2)c(C(C)(C)C)c1.ClI. The predicted molar refractivity (Wildman–Crippen MR) is 158 cm³/mol. The number of halogens is 2. The van der Waals surface area contributed by atoms with Crippen LogP contribution >= 0.6 is 42.1 Å². The summed E-state index contributed by atoms with van der Waals surface area (Å²) in [7, 11) is 4.61. The minimum atomic E-state index is -0.0740. The molecule has 2 nitrogen and oxygen atoms in total. The zero-order valence-corrected chi connectivity index (χ0v) is 24.6. The Morgan fingerprint density at radius 1 is 0.882 bits per heavy atom. The van der Waals surface area contributed by atoms with Gasteiger partial charge in [0, 0.05) is 55.0 Å². The lowest BCUT2D eigenvalue weighted by Gasteiger charge is -2.28. The fraction of sp³-hybridized carbons (Fsp3) is 0.345. The highest BCUT2D eigenvalue weighted by molar-refractivity contribution is 14.1. The van der Waals surface area contributed by atoms with Crippen molar-refractivity contribution in [3.05, 3.63) is 89.0 Å². The normalized spacial score (nSPS) is 11.4. The first kappa shape index (κ1) is 28.7. The van der Waals surface area contributed by atoms with Gasteiger partial charge >= 0.3 is 0 Å². The third kappa shape index (κ3) is 8.03. The average molecular weight is 608 g/mol. The summed E-state index contributed by atoms with van der Waals surface area (Å²) < 4.78 is 6.40. The molecule has 1 N–H and O–H groups in total. The second-order valence-corrected chi connectivity index (χ2v) is 11.3. The Labute approximate surface area is 227 Å². The number of hydrogen-bond acceptors (Lipinski definition) is 3. The molecule has 0 aliphatic heterocycles. The maximum Gasteiger partial charge on any atom is 0.131 e. The van der Waals surface area contributed by atoms with Gasteiger partial charge in [-0.2, -0.15) is 0 Å². The zero-order valence-electron chi connectivity index (χ0n) is 20.9. The molecule has 3 rings (SSSR count). The van der Waals surface area contributed by atoms with Crippen molar-refractivity contribution in [2.24, 2.45) is 0 Å². The quantitative estimate of drug-likeness (QED) is 0.214. The molecule has 5 heteroatoms. The van der Waals surface area contributed by atoms with E-state index in [9.17, 15) is 0 Å². The van der Waals surface area contributed by atoms with Gasteiger partial charge in [0.2, 0.25) is 0 Å². The zero-order chi connectivity index (χ0) is 25.4. The molecular weight excluding hydrogens is 573 g/mol. The third-order valence-corrected chi connectivity index (χ3v) is 6.63. The molecule has 182 valence electrons. The van der Waals surface area contributed by atoms with E-state index in [0.29, 0.717) is 6.61 Å². The first-order valence-electron chi connectivity index (χ1n) is 11.4. The summed E-state index contributed by atoms with van der Waals surface area (Å²) in [6.07, 6.45) is 2.25. The molecule has 0 amide bonds. The third-order valence-electron chi connectivity index (χ3n) is 5.51. The molecule has 0 saturated heterocycles. The van der Waals surface area contributed by atoms with Crippen LogP contribution in [0.1, 0.15) is 63.8 Å². The van der Waals surface area contributed by atoms with Crippen molar-refractivity contribution in [3.63, 3.8) is 0 Å². The fourth-order valence-electron chi connectivity index (χ4n) is 3.60. The van der Waals surface area contributed by atoms with E-state index in [1.807, 2.05) is 6.07 Å². The van der Waals surface area contributed by atoms with Gasteiger partial charge in [-0.1, -0.05) is 95.8 Å².